The van der Waals surface area contributed by atoms with Crippen molar-refractivity contribution in [3.63, 3.8) is 0 Å². The second kappa shape index (κ2) is 12.5. The first-order valence-electron chi connectivity index (χ1n) is 8.54. The molecule has 0 spiro atoms. The number of nitrogens with zero attached hydrogens (tertiary/aromatic N) is 1. The summed E-state index contributed by atoms with van der Waals surface area (Å²) in [5, 5.41) is 6.47. The average Bonchev–Trinajstić information content (AvgIpc) is 2.54. The molecule has 0 aliphatic heterocycles. The number of hydrogen-bond donors (Lipinski definition) is 2. The van der Waals surface area contributed by atoms with E-state index < -0.39 is 9.84 Å². The zero-order valence-electron chi connectivity index (χ0n) is 16.3. The quantitative estimate of drug-likeness (QED) is 0.312. The third-order valence-electron chi connectivity index (χ3n) is 3.56. The number of ether oxygens (including phenoxy) is 1. The lowest BCUT2D eigenvalue weighted by molar-refractivity contribution is 0.0657. The van der Waals surface area contributed by atoms with Crippen LogP contribution in [0.2, 0.25) is 0 Å². The van der Waals surface area contributed by atoms with E-state index in [0.29, 0.717) is 25.5 Å². The molecular formula is C18H32IN3O3S. The molecule has 0 heterocycles. The number of aliphatic imine (C=N–C) groups is 1. The van der Waals surface area contributed by atoms with Gasteiger partial charge in [-0.25, -0.2) is 8.42 Å². The van der Waals surface area contributed by atoms with Crippen molar-refractivity contribution in [2.24, 2.45) is 4.99 Å². The molecule has 8 heteroatoms. The Morgan fingerprint density at radius 1 is 1.23 bits per heavy atom. The van der Waals surface area contributed by atoms with Crippen LogP contribution in [0.1, 0.15) is 38.3 Å². The lowest BCUT2D eigenvalue weighted by Gasteiger charge is -2.18. The van der Waals surface area contributed by atoms with E-state index in [1.807, 2.05) is 39.0 Å². The highest BCUT2D eigenvalue weighted by molar-refractivity contribution is 14.0. The van der Waals surface area contributed by atoms with Crippen molar-refractivity contribution in [1.29, 1.82) is 0 Å². The summed E-state index contributed by atoms with van der Waals surface area (Å²) in [4.78, 5) is 4.19. The summed E-state index contributed by atoms with van der Waals surface area (Å²) in [6, 6.07) is 8.24. The molecule has 6 nitrogen and oxygen atoms in total. The van der Waals surface area contributed by atoms with Crippen molar-refractivity contribution >= 4 is 39.8 Å². The predicted octanol–water partition coefficient (Wildman–Crippen LogP) is 2.72. The molecule has 0 bridgehead atoms. The highest BCUT2D eigenvalue weighted by atomic mass is 127. The van der Waals surface area contributed by atoms with Crippen molar-refractivity contribution < 1.29 is 13.2 Å². The standard InChI is InChI=1S/C18H31N3O3S.HI/c1-14(2)24-13-17-8-6-7-16(11-17)12-20-18(19-4)21-15(3)9-10-25(5,22)23;/h6-8,11,14-15H,9-10,12-13H2,1-5H3,(H2,19,20,21);1H. The summed E-state index contributed by atoms with van der Waals surface area (Å²) >= 11 is 0. The zero-order chi connectivity index (χ0) is 18.9. The van der Waals surface area contributed by atoms with E-state index in [-0.39, 0.29) is 41.9 Å². The van der Waals surface area contributed by atoms with E-state index in [1.165, 1.54) is 6.26 Å². The second-order valence-electron chi connectivity index (χ2n) is 6.57. The van der Waals surface area contributed by atoms with E-state index in [4.69, 9.17) is 4.74 Å². The molecule has 0 aromatic heterocycles. The van der Waals surface area contributed by atoms with E-state index in [2.05, 4.69) is 21.7 Å². The van der Waals surface area contributed by atoms with Gasteiger partial charge in [-0.3, -0.25) is 4.99 Å². The van der Waals surface area contributed by atoms with Crippen LogP contribution >= 0.6 is 24.0 Å². The number of rotatable bonds is 9. The molecule has 0 aliphatic carbocycles. The second-order valence-corrected chi connectivity index (χ2v) is 8.83. The SMILES string of the molecule is CN=C(NCc1cccc(COC(C)C)c1)NC(C)CCS(C)(=O)=O.I. The van der Waals surface area contributed by atoms with Gasteiger partial charge in [0.15, 0.2) is 5.96 Å². The van der Waals surface area contributed by atoms with Gasteiger partial charge in [0, 0.05) is 25.9 Å². The van der Waals surface area contributed by atoms with Crippen LogP contribution in [0, 0.1) is 0 Å². The number of nitrogens with one attached hydrogen (secondary N) is 2. The van der Waals surface area contributed by atoms with Crippen molar-refractivity contribution in [2.45, 2.75) is 52.5 Å². The molecule has 26 heavy (non-hydrogen) atoms. The number of benzene rings is 1. The van der Waals surface area contributed by atoms with Gasteiger partial charge < -0.3 is 15.4 Å². The lowest BCUT2D eigenvalue weighted by atomic mass is 10.1. The molecule has 1 unspecified atom stereocenters. The molecular weight excluding hydrogens is 465 g/mol. The van der Waals surface area contributed by atoms with Crippen LogP contribution in [0.4, 0.5) is 0 Å². The van der Waals surface area contributed by atoms with Crippen LogP contribution in [0.5, 0.6) is 0 Å². The Morgan fingerprint density at radius 2 is 1.88 bits per heavy atom. The summed E-state index contributed by atoms with van der Waals surface area (Å²) in [5.74, 6) is 0.820. The highest BCUT2D eigenvalue weighted by Gasteiger charge is 2.09. The average molecular weight is 497 g/mol. The summed E-state index contributed by atoms with van der Waals surface area (Å²) in [5.41, 5.74) is 2.27. The molecule has 1 aromatic rings. The van der Waals surface area contributed by atoms with E-state index >= 15 is 0 Å². The van der Waals surface area contributed by atoms with Gasteiger partial charge in [-0.1, -0.05) is 24.3 Å². The van der Waals surface area contributed by atoms with Crippen molar-refractivity contribution in [3.05, 3.63) is 35.4 Å². The number of sulfone groups is 1. The predicted molar refractivity (Wildman–Crippen MR) is 119 cm³/mol. The minimum absolute atomic E-state index is 0. The van der Waals surface area contributed by atoms with Gasteiger partial charge in [0.1, 0.15) is 9.84 Å². The Balaban J connectivity index is 0.00000625. The number of halogens is 1. The van der Waals surface area contributed by atoms with Crippen LogP contribution in [-0.4, -0.2) is 45.6 Å². The number of guanidine groups is 1. The van der Waals surface area contributed by atoms with Gasteiger partial charge in [-0.05, 0) is 38.3 Å². The molecule has 0 saturated carbocycles. The summed E-state index contributed by atoms with van der Waals surface area (Å²) in [7, 11) is -1.25. The third kappa shape index (κ3) is 11.7. The highest BCUT2D eigenvalue weighted by Crippen LogP contribution is 2.08. The monoisotopic (exact) mass is 497 g/mol. The summed E-state index contributed by atoms with van der Waals surface area (Å²) in [6.45, 7) is 7.22. The van der Waals surface area contributed by atoms with Gasteiger partial charge in [0.25, 0.3) is 0 Å². The minimum Gasteiger partial charge on any atom is -0.374 e. The van der Waals surface area contributed by atoms with Gasteiger partial charge in [0.05, 0.1) is 18.5 Å². The molecule has 2 N–H and O–H groups in total. The van der Waals surface area contributed by atoms with Gasteiger partial charge in [0.2, 0.25) is 0 Å². The van der Waals surface area contributed by atoms with Crippen LogP contribution < -0.4 is 10.6 Å². The molecule has 0 aliphatic rings. The smallest absolute Gasteiger partial charge is 0.191 e. The molecule has 150 valence electrons. The van der Waals surface area contributed by atoms with Crippen LogP contribution in [0.3, 0.4) is 0 Å². The molecule has 0 amide bonds. The first-order valence-corrected chi connectivity index (χ1v) is 10.6. The third-order valence-corrected chi connectivity index (χ3v) is 4.54. The fourth-order valence-corrected chi connectivity index (χ4v) is 2.95. The summed E-state index contributed by atoms with van der Waals surface area (Å²) < 4.78 is 28.1. The fourth-order valence-electron chi connectivity index (χ4n) is 2.17. The molecule has 1 aromatic carbocycles. The topological polar surface area (TPSA) is 79.8 Å². The fraction of sp³-hybridized carbons (Fsp3) is 0.611. The van der Waals surface area contributed by atoms with Gasteiger partial charge in [-0.2, -0.15) is 0 Å². The minimum atomic E-state index is -2.95. The van der Waals surface area contributed by atoms with Crippen molar-refractivity contribution in [2.75, 3.05) is 19.1 Å². The molecule has 0 saturated heterocycles. The lowest BCUT2D eigenvalue weighted by Crippen LogP contribution is -2.42. The van der Waals surface area contributed by atoms with Gasteiger partial charge >= 0.3 is 0 Å². The van der Waals surface area contributed by atoms with Crippen molar-refractivity contribution in [3.8, 4) is 0 Å². The molecule has 1 atom stereocenters. The van der Waals surface area contributed by atoms with E-state index in [1.54, 1.807) is 7.05 Å². The van der Waals surface area contributed by atoms with Crippen LogP contribution in [-0.2, 0) is 27.7 Å². The van der Waals surface area contributed by atoms with E-state index in [0.717, 1.165) is 11.1 Å². The maximum atomic E-state index is 11.2. The molecule has 0 fully saturated rings. The Labute approximate surface area is 175 Å². The maximum Gasteiger partial charge on any atom is 0.191 e. The Kier molecular flexibility index (Phi) is 12.1. The van der Waals surface area contributed by atoms with Crippen LogP contribution in [0.15, 0.2) is 29.3 Å². The van der Waals surface area contributed by atoms with Crippen molar-refractivity contribution in [1.82, 2.24) is 10.6 Å². The largest absolute Gasteiger partial charge is 0.374 e. The summed E-state index contributed by atoms with van der Waals surface area (Å²) in [6.07, 6.45) is 2.00. The Bertz CT molecular complexity index is 663. The maximum absolute atomic E-state index is 11.2. The molecule has 0 radical (unpaired) electrons. The Morgan fingerprint density at radius 3 is 2.46 bits per heavy atom. The van der Waals surface area contributed by atoms with E-state index in [9.17, 15) is 8.42 Å². The molecule has 1 rings (SSSR count). The number of hydrogen-bond acceptors (Lipinski definition) is 4. The van der Waals surface area contributed by atoms with Crippen LogP contribution in [0.25, 0.3) is 0 Å². The Hall–Kier alpha value is -0.870. The normalized spacial score (nSPS) is 13.2. The first-order chi connectivity index (χ1) is 11.7. The zero-order valence-corrected chi connectivity index (χ0v) is 19.4. The first kappa shape index (κ1) is 25.1. The van der Waals surface area contributed by atoms with Gasteiger partial charge in [-0.15, -0.1) is 24.0 Å².